The van der Waals surface area contributed by atoms with Crippen LogP contribution in [-0.4, -0.2) is 42.2 Å². The number of amides is 1. The van der Waals surface area contributed by atoms with Crippen LogP contribution in [0.3, 0.4) is 0 Å². The Balaban J connectivity index is 1.88. The summed E-state index contributed by atoms with van der Waals surface area (Å²) in [5.74, 6) is 0.725. The number of methoxy groups -OCH3 is 1. The molecule has 1 heterocycles. The highest BCUT2D eigenvalue weighted by Crippen LogP contribution is 2.25. The van der Waals surface area contributed by atoms with E-state index in [4.69, 9.17) is 16.3 Å². The molecule has 0 aromatic heterocycles. The van der Waals surface area contributed by atoms with Crippen LogP contribution >= 0.6 is 11.6 Å². The number of rotatable bonds is 4. The number of carbonyl (C=O) groups is 1. The zero-order valence-corrected chi connectivity index (χ0v) is 11.7. The van der Waals surface area contributed by atoms with E-state index in [0.717, 1.165) is 5.56 Å². The van der Waals surface area contributed by atoms with Crippen LogP contribution in [0.1, 0.15) is 18.4 Å². The number of hydrogen-bond donors (Lipinski definition) is 1. The number of hydrogen-bond acceptors (Lipinski definition) is 3. The molecule has 2 rings (SSSR count). The molecule has 0 saturated carbocycles. The lowest BCUT2D eigenvalue weighted by Crippen LogP contribution is -2.29. The average Bonchev–Trinajstić information content (AvgIpc) is 2.83. The molecule has 0 bridgehead atoms. The molecule has 0 radical (unpaired) electrons. The predicted molar refractivity (Wildman–Crippen MR) is 73.5 cm³/mol. The first-order valence-corrected chi connectivity index (χ1v) is 6.76. The van der Waals surface area contributed by atoms with Gasteiger partial charge in [0.05, 0.1) is 18.2 Å². The standard InChI is InChI=1S/C14H18ClNO3/c1-19-13-4-2-10(8-12(13)15)3-5-14(18)16-7-6-11(17)9-16/h2,4,8,11,17H,3,5-7,9H2,1H3/t11-/m1/s1. The third-order valence-corrected chi connectivity index (χ3v) is 3.66. The second kappa shape index (κ2) is 6.26. The molecule has 1 aliphatic rings. The molecule has 1 aromatic carbocycles. The third kappa shape index (κ3) is 3.61. The lowest BCUT2D eigenvalue weighted by molar-refractivity contribution is -0.130. The number of aliphatic hydroxyl groups excluding tert-OH is 1. The summed E-state index contributed by atoms with van der Waals surface area (Å²) in [7, 11) is 1.57. The van der Waals surface area contributed by atoms with Gasteiger partial charge < -0.3 is 14.7 Å². The van der Waals surface area contributed by atoms with Gasteiger partial charge in [0.15, 0.2) is 0 Å². The highest BCUT2D eigenvalue weighted by molar-refractivity contribution is 6.32. The van der Waals surface area contributed by atoms with Crippen molar-refractivity contribution >= 4 is 17.5 Å². The van der Waals surface area contributed by atoms with E-state index in [-0.39, 0.29) is 12.0 Å². The van der Waals surface area contributed by atoms with E-state index in [1.165, 1.54) is 0 Å². The Morgan fingerprint density at radius 2 is 2.37 bits per heavy atom. The molecule has 0 unspecified atom stereocenters. The normalized spacial score (nSPS) is 18.7. The van der Waals surface area contributed by atoms with E-state index in [1.807, 2.05) is 18.2 Å². The number of nitrogens with zero attached hydrogens (tertiary/aromatic N) is 1. The second-order valence-corrected chi connectivity index (χ2v) is 5.16. The van der Waals surface area contributed by atoms with Crippen molar-refractivity contribution in [2.24, 2.45) is 0 Å². The van der Waals surface area contributed by atoms with Crippen LogP contribution in [-0.2, 0) is 11.2 Å². The van der Waals surface area contributed by atoms with Crippen molar-refractivity contribution in [3.8, 4) is 5.75 Å². The molecule has 1 aromatic rings. The van der Waals surface area contributed by atoms with E-state index < -0.39 is 0 Å². The van der Waals surface area contributed by atoms with Gasteiger partial charge in [0.25, 0.3) is 0 Å². The molecule has 1 atom stereocenters. The molecule has 1 aliphatic heterocycles. The Morgan fingerprint density at radius 1 is 1.58 bits per heavy atom. The minimum Gasteiger partial charge on any atom is -0.495 e. The second-order valence-electron chi connectivity index (χ2n) is 4.75. The smallest absolute Gasteiger partial charge is 0.222 e. The van der Waals surface area contributed by atoms with E-state index in [0.29, 0.717) is 43.1 Å². The first-order valence-electron chi connectivity index (χ1n) is 6.38. The van der Waals surface area contributed by atoms with Gasteiger partial charge in [-0.05, 0) is 30.5 Å². The Kier molecular flexibility index (Phi) is 4.66. The molecular formula is C14H18ClNO3. The molecule has 19 heavy (non-hydrogen) atoms. The lowest BCUT2D eigenvalue weighted by Gasteiger charge is -2.15. The van der Waals surface area contributed by atoms with Crippen LogP contribution in [0.5, 0.6) is 5.75 Å². The number of halogens is 1. The summed E-state index contributed by atoms with van der Waals surface area (Å²) in [6.45, 7) is 1.12. The van der Waals surface area contributed by atoms with E-state index >= 15 is 0 Å². The average molecular weight is 284 g/mol. The molecule has 1 saturated heterocycles. The lowest BCUT2D eigenvalue weighted by atomic mass is 10.1. The van der Waals surface area contributed by atoms with Crippen molar-refractivity contribution < 1.29 is 14.6 Å². The minimum atomic E-state index is -0.362. The van der Waals surface area contributed by atoms with E-state index in [2.05, 4.69) is 0 Å². The Bertz CT molecular complexity index is 464. The molecule has 104 valence electrons. The minimum absolute atomic E-state index is 0.0866. The maximum absolute atomic E-state index is 11.9. The number of carbonyl (C=O) groups excluding carboxylic acids is 1. The van der Waals surface area contributed by atoms with Crippen molar-refractivity contribution in [1.82, 2.24) is 4.90 Å². The van der Waals surface area contributed by atoms with Gasteiger partial charge in [0.2, 0.25) is 5.91 Å². The molecule has 1 N–H and O–H groups in total. The summed E-state index contributed by atoms with van der Waals surface area (Å²) >= 11 is 6.04. The molecular weight excluding hydrogens is 266 g/mol. The van der Waals surface area contributed by atoms with Gasteiger partial charge in [-0.1, -0.05) is 17.7 Å². The number of likely N-dealkylation sites (tertiary alicyclic amines) is 1. The van der Waals surface area contributed by atoms with Gasteiger partial charge in [0.1, 0.15) is 5.75 Å². The highest BCUT2D eigenvalue weighted by atomic mass is 35.5. The van der Waals surface area contributed by atoms with Gasteiger partial charge in [-0.2, -0.15) is 0 Å². The van der Waals surface area contributed by atoms with E-state index in [1.54, 1.807) is 12.0 Å². The van der Waals surface area contributed by atoms with Crippen LogP contribution in [0.25, 0.3) is 0 Å². The fourth-order valence-corrected chi connectivity index (χ4v) is 2.52. The summed E-state index contributed by atoms with van der Waals surface area (Å²) in [5.41, 5.74) is 1.01. The van der Waals surface area contributed by atoms with Crippen LogP contribution in [0.2, 0.25) is 5.02 Å². The maximum atomic E-state index is 11.9. The van der Waals surface area contributed by atoms with Gasteiger partial charge in [0, 0.05) is 19.5 Å². The van der Waals surface area contributed by atoms with Crippen molar-refractivity contribution in [1.29, 1.82) is 0 Å². The van der Waals surface area contributed by atoms with Crippen molar-refractivity contribution in [2.45, 2.75) is 25.4 Å². The molecule has 0 spiro atoms. The molecule has 4 nitrogen and oxygen atoms in total. The van der Waals surface area contributed by atoms with Crippen LogP contribution in [0.4, 0.5) is 0 Å². The van der Waals surface area contributed by atoms with Gasteiger partial charge in [-0.3, -0.25) is 4.79 Å². The Hall–Kier alpha value is -1.26. The Morgan fingerprint density at radius 3 is 2.95 bits per heavy atom. The topological polar surface area (TPSA) is 49.8 Å². The zero-order valence-electron chi connectivity index (χ0n) is 10.9. The summed E-state index contributed by atoms with van der Waals surface area (Å²) in [4.78, 5) is 13.6. The summed E-state index contributed by atoms with van der Waals surface area (Å²) in [6, 6.07) is 5.55. The number of β-amino-alcohol motifs (C(OH)–C–C–N with tert-alkyl or cyclic N) is 1. The van der Waals surface area contributed by atoms with E-state index in [9.17, 15) is 9.90 Å². The zero-order chi connectivity index (χ0) is 13.8. The van der Waals surface area contributed by atoms with Crippen LogP contribution < -0.4 is 4.74 Å². The fraction of sp³-hybridized carbons (Fsp3) is 0.500. The number of aliphatic hydroxyl groups is 1. The van der Waals surface area contributed by atoms with Gasteiger partial charge in [-0.15, -0.1) is 0 Å². The highest BCUT2D eigenvalue weighted by Gasteiger charge is 2.23. The fourth-order valence-electron chi connectivity index (χ4n) is 2.24. The van der Waals surface area contributed by atoms with Crippen molar-refractivity contribution in [3.63, 3.8) is 0 Å². The Labute approximate surface area is 117 Å². The molecule has 5 heteroatoms. The van der Waals surface area contributed by atoms with Crippen LogP contribution in [0, 0.1) is 0 Å². The number of aryl methyl sites for hydroxylation is 1. The maximum Gasteiger partial charge on any atom is 0.222 e. The molecule has 1 amide bonds. The van der Waals surface area contributed by atoms with Crippen molar-refractivity contribution in [3.05, 3.63) is 28.8 Å². The third-order valence-electron chi connectivity index (χ3n) is 3.36. The van der Waals surface area contributed by atoms with Crippen LogP contribution in [0.15, 0.2) is 18.2 Å². The van der Waals surface area contributed by atoms with Gasteiger partial charge >= 0.3 is 0 Å². The quantitative estimate of drug-likeness (QED) is 0.918. The molecule has 0 aliphatic carbocycles. The van der Waals surface area contributed by atoms with Gasteiger partial charge in [-0.25, -0.2) is 0 Å². The number of ether oxygens (including phenoxy) is 1. The largest absolute Gasteiger partial charge is 0.495 e. The SMILES string of the molecule is COc1ccc(CCC(=O)N2CC[C@@H](O)C2)cc1Cl. The number of benzene rings is 1. The monoisotopic (exact) mass is 283 g/mol. The first kappa shape index (κ1) is 14.2. The first-order chi connectivity index (χ1) is 9.10. The molecule has 1 fully saturated rings. The summed E-state index contributed by atoms with van der Waals surface area (Å²) < 4.78 is 5.08. The van der Waals surface area contributed by atoms with Crippen molar-refractivity contribution in [2.75, 3.05) is 20.2 Å². The summed E-state index contributed by atoms with van der Waals surface area (Å²) in [5, 5.41) is 9.96. The summed E-state index contributed by atoms with van der Waals surface area (Å²) in [6.07, 6.45) is 1.41. The predicted octanol–water partition coefficient (Wildman–Crippen LogP) is 1.87.